The maximum atomic E-state index is 12.0. The van der Waals surface area contributed by atoms with E-state index < -0.39 is 29.6 Å². The Morgan fingerprint density at radius 3 is 2.32 bits per heavy atom. The highest BCUT2D eigenvalue weighted by Crippen LogP contribution is 2.08. The summed E-state index contributed by atoms with van der Waals surface area (Å²) in [5.41, 5.74) is 4.76. The molecule has 128 valence electrons. The van der Waals surface area contributed by atoms with E-state index in [4.69, 9.17) is 10.5 Å². The van der Waals surface area contributed by atoms with E-state index >= 15 is 0 Å². The summed E-state index contributed by atoms with van der Waals surface area (Å²) in [5, 5.41) is 4.92. The minimum atomic E-state index is -0.786. The van der Waals surface area contributed by atoms with Crippen LogP contribution in [-0.2, 0) is 19.1 Å². The smallest absolute Gasteiger partial charge is 0.408 e. The summed E-state index contributed by atoms with van der Waals surface area (Å²) in [6.45, 7) is 5.44. The van der Waals surface area contributed by atoms with Crippen LogP contribution in [0.1, 0.15) is 40.0 Å². The fourth-order valence-corrected chi connectivity index (χ4v) is 1.57. The van der Waals surface area contributed by atoms with E-state index in [9.17, 15) is 14.4 Å². The molecule has 8 nitrogen and oxygen atoms in total. The van der Waals surface area contributed by atoms with Crippen molar-refractivity contribution in [3.8, 4) is 0 Å². The van der Waals surface area contributed by atoms with E-state index in [1.807, 2.05) is 0 Å². The van der Waals surface area contributed by atoms with Crippen molar-refractivity contribution in [1.29, 1.82) is 0 Å². The van der Waals surface area contributed by atoms with Gasteiger partial charge in [-0.2, -0.15) is 0 Å². The van der Waals surface area contributed by atoms with Crippen LogP contribution < -0.4 is 16.4 Å². The van der Waals surface area contributed by atoms with Crippen LogP contribution in [-0.4, -0.2) is 49.8 Å². The van der Waals surface area contributed by atoms with Gasteiger partial charge in [0.15, 0.2) is 0 Å². The van der Waals surface area contributed by atoms with Crippen LogP contribution in [0.5, 0.6) is 0 Å². The highest BCUT2D eigenvalue weighted by Gasteiger charge is 2.24. The predicted octanol–water partition coefficient (Wildman–Crippen LogP) is 0.298. The first-order valence-electron chi connectivity index (χ1n) is 7.23. The average molecular weight is 317 g/mol. The van der Waals surface area contributed by atoms with Crippen molar-refractivity contribution in [3.05, 3.63) is 0 Å². The molecule has 0 aromatic carbocycles. The third-order valence-corrected chi connectivity index (χ3v) is 2.59. The third-order valence-electron chi connectivity index (χ3n) is 2.59. The second kappa shape index (κ2) is 9.99. The number of carbonyl (C=O) groups excluding carboxylic acids is 3. The molecule has 0 saturated carbocycles. The minimum absolute atomic E-state index is 0.251. The first-order valence-corrected chi connectivity index (χ1v) is 7.23. The van der Waals surface area contributed by atoms with Gasteiger partial charge in [-0.25, -0.2) is 4.79 Å². The number of hydrogen-bond acceptors (Lipinski definition) is 6. The van der Waals surface area contributed by atoms with E-state index in [1.165, 1.54) is 7.11 Å². The molecule has 0 radical (unpaired) electrons. The molecule has 0 aromatic heterocycles. The van der Waals surface area contributed by atoms with Gasteiger partial charge in [-0.1, -0.05) is 0 Å². The van der Waals surface area contributed by atoms with Crippen LogP contribution in [0.3, 0.4) is 0 Å². The molecule has 1 atom stereocenters. The van der Waals surface area contributed by atoms with Gasteiger partial charge in [0.2, 0.25) is 5.91 Å². The molecule has 0 unspecified atom stereocenters. The quantitative estimate of drug-likeness (QED) is 0.437. The van der Waals surface area contributed by atoms with Crippen molar-refractivity contribution >= 4 is 18.0 Å². The normalized spacial score (nSPS) is 12.2. The Morgan fingerprint density at radius 1 is 1.18 bits per heavy atom. The lowest BCUT2D eigenvalue weighted by Crippen LogP contribution is -2.49. The van der Waals surface area contributed by atoms with Crippen molar-refractivity contribution in [2.75, 3.05) is 20.2 Å². The van der Waals surface area contributed by atoms with Gasteiger partial charge < -0.3 is 25.8 Å². The van der Waals surface area contributed by atoms with Crippen molar-refractivity contribution in [1.82, 2.24) is 10.6 Å². The number of methoxy groups -OCH3 is 1. The molecule has 0 bridgehead atoms. The Balaban J connectivity index is 4.56. The maximum Gasteiger partial charge on any atom is 0.408 e. The number of carbonyl (C=O) groups is 3. The van der Waals surface area contributed by atoms with Crippen molar-refractivity contribution in [3.63, 3.8) is 0 Å². The van der Waals surface area contributed by atoms with E-state index in [2.05, 4.69) is 15.4 Å². The standard InChI is InChI=1S/C14H27N3O5/c1-14(2,3)22-13(20)17-10(7-5-6-8-15)12(19)16-9-11(18)21-4/h10H,5-9,15H2,1-4H3,(H,16,19)(H,17,20)/t10-/m0/s1. The summed E-state index contributed by atoms with van der Waals surface area (Å²) in [7, 11) is 1.23. The molecule has 0 aliphatic rings. The average Bonchev–Trinajstić information content (AvgIpc) is 2.41. The zero-order chi connectivity index (χ0) is 17.2. The number of esters is 1. The van der Waals surface area contributed by atoms with Crippen molar-refractivity contribution < 1.29 is 23.9 Å². The van der Waals surface area contributed by atoms with Crippen LogP contribution >= 0.6 is 0 Å². The van der Waals surface area contributed by atoms with E-state index in [-0.39, 0.29) is 6.54 Å². The minimum Gasteiger partial charge on any atom is -0.468 e. The first-order chi connectivity index (χ1) is 10.2. The lowest BCUT2D eigenvalue weighted by molar-refractivity contribution is -0.141. The Kier molecular flexibility index (Phi) is 9.16. The molecular weight excluding hydrogens is 290 g/mol. The zero-order valence-electron chi connectivity index (χ0n) is 13.7. The molecule has 0 aliphatic carbocycles. The number of ether oxygens (including phenoxy) is 2. The van der Waals surface area contributed by atoms with Gasteiger partial charge in [0.05, 0.1) is 7.11 Å². The fraction of sp³-hybridized carbons (Fsp3) is 0.786. The van der Waals surface area contributed by atoms with Crippen LogP contribution in [0, 0.1) is 0 Å². The number of unbranched alkanes of at least 4 members (excludes halogenated alkanes) is 1. The third kappa shape index (κ3) is 9.98. The number of hydrogen-bond donors (Lipinski definition) is 3. The van der Waals surface area contributed by atoms with Gasteiger partial charge in [0, 0.05) is 0 Å². The second-order valence-electron chi connectivity index (χ2n) is 5.78. The second-order valence-corrected chi connectivity index (χ2v) is 5.78. The number of amides is 2. The molecule has 4 N–H and O–H groups in total. The Morgan fingerprint density at radius 2 is 1.82 bits per heavy atom. The van der Waals surface area contributed by atoms with Crippen LogP contribution in [0.4, 0.5) is 4.79 Å². The van der Waals surface area contributed by atoms with Gasteiger partial charge in [0.1, 0.15) is 18.2 Å². The Hall–Kier alpha value is -1.83. The molecular formula is C14H27N3O5. The molecule has 0 spiro atoms. The first kappa shape index (κ1) is 20.2. The monoisotopic (exact) mass is 317 g/mol. The lowest BCUT2D eigenvalue weighted by Gasteiger charge is -2.23. The van der Waals surface area contributed by atoms with Gasteiger partial charge >= 0.3 is 12.1 Å². The van der Waals surface area contributed by atoms with E-state index in [0.29, 0.717) is 19.4 Å². The highest BCUT2D eigenvalue weighted by molar-refractivity contribution is 5.88. The van der Waals surface area contributed by atoms with E-state index in [1.54, 1.807) is 20.8 Å². The van der Waals surface area contributed by atoms with Crippen LogP contribution in [0.15, 0.2) is 0 Å². The van der Waals surface area contributed by atoms with E-state index in [0.717, 1.165) is 6.42 Å². The number of nitrogens with two attached hydrogens (primary N) is 1. The molecule has 22 heavy (non-hydrogen) atoms. The molecule has 0 aromatic rings. The maximum absolute atomic E-state index is 12.0. The summed E-state index contributed by atoms with van der Waals surface area (Å²) >= 11 is 0. The summed E-state index contributed by atoms with van der Waals surface area (Å²) < 4.78 is 9.57. The predicted molar refractivity (Wildman–Crippen MR) is 81.1 cm³/mol. The molecule has 2 amide bonds. The number of alkyl carbamates (subject to hydrolysis) is 1. The van der Waals surface area contributed by atoms with Gasteiger partial charge in [-0.3, -0.25) is 9.59 Å². The summed E-state index contributed by atoms with van der Waals surface area (Å²) in [6.07, 6.45) is 1.13. The highest BCUT2D eigenvalue weighted by atomic mass is 16.6. The van der Waals surface area contributed by atoms with Crippen molar-refractivity contribution in [2.45, 2.75) is 51.7 Å². The molecule has 0 fully saturated rings. The summed E-state index contributed by atoms with van der Waals surface area (Å²) in [6, 6.07) is -0.786. The van der Waals surface area contributed by atoms with Gasteiger partial charge in [0.25, 0.3) is 0 Å². The molecule has 0 heterocycles. The SMILES string of the molecule is COC(=O)CNC(=O)[C@H](CCCCN)NC(=O)OC(C)(C)C. The zero-order valence-corrected chi connectivity index (χ0v) is 13.7. The molecule has 0 rings (SSSR count). The Bertz CT molecular complexity index is 379. The van der Waals surface area contributed by atoms with Gasteiger partial charge in [-0.05, 0) is 46.6 Å². The number of rotatable bonds is 8. The summed E-state index contributed by atoms with van der Waals surface area (Å²) in [4.78, 5) is 34.9. The Labute approximate surface area is 131 Å². The molecule has 0 aliphatic heterocycles. The lowest BCUT2D eigenvalue weighted by atomic mass is 10.1. The topological polar surface area (TPSA) is 120 Å². The number of nitrogens with one attached hydrogen (secondary N) is 2. The molecule has 8 heteroatoms. The van der Waals surface area contributed by atoms with Crippen molar-refractivity contribution in [2.24, 2.45) is 5.73 Å². The van der Waals surface area contributed by atoms with Crippen LogP contribution in [0.25, 0.3) is 0 Å². The van der Waals surface area contributed by atoms with Crippen LogP contribution in [0.2, 0.25) is 0 Å². The van der Waals surface area contributed by atoms with Gasteiger partial charge in [-0.15, -0.1) is 0 Å². The largest absolute Gasteiger partial charge is 0.468 e. The molecule has 0 saturated heterocycles. The summed E-state index contributed by atoms with van der Waals surface area (Å²) in [5.74, 6) is -1.03. The fourth-order valence-electron chi connectivity index (χ4n) is 1.57.